The van der Waals surface area contributed by atoms with Crippen LogP contribution < -0.4 is 60.9 Å². The quantitative estimate of drug-likeness (QED) is 0.377. The Bertz CT molecular complexity index is 554. The van der Waals surface area contributed by atoms with E-state index in [9.17, 15) is 18.1 Å². The van der Waals surface area contributed by atoms with E-state index in [1.807, 2.05) is 6.92 Å². The molecule has 23 heavy (non-hydrogen) atoms. The number of aliphatic hydroxyl groups is 1. The third-order valence-corrected chi connectivity index (χ3v) is 3.94. The van der Waals surface area contributed by atoms with Crippen molar-refractivity contribution in [3.8, 4) is 11.5 Å². The molecule has 0 aliphatic rings. The number of nitrogens with zero attached hydrogens (tertiary/aromatic N) is 1. The Labute approximate surface area is 180 Å². The van der Waals surface area contributed by atoms with Crippen molar-refractivity contribution in [2.75, 3.05) is 26.8 Å². The largest absolute Gasteiger partial charge is 1.00 e. The summed E-state index contributed by atoms with van der Waals surface area (Å²) in [4.78, 5) is 0. The van der Waals surface area contributed by atoms with Crippen molar-refractivity contribution >= 4 is 10.3 Å². The molecule has 0 bridgehead atoms. The molecule has 0 spiro atoms. The number of rotatable bonds is 10. The van der Waals surface area contributed by atoms with Crippen molar-refractivity contribution in [3.63, 3.8) is 0 Å². The molecule has 1 rings (SSSR count). The molecule has 0 aliphatic carbocycles. The predicted octanol–water partition coefficient (Wildman–Crippen LogP) is -2.00. The molecule has 0 amide bonds. The van der Waals surface area contributed by atoms with Gasteiger partial charge in [0, 0.05) is 19.2 Å². The molecule has 0 radical (unpaired) electrons. The summed E-state index contributed by atoms with van der Waals surface area (Å²) < 4.78 is 44.5. The average molecular weight is 371 g/mol. The molecule has 1 atom stereocenters. The first-order chi connectivity index (χ1) is 10.4. The third kappa shape index (κ3) is 9.37. The molecule has 9 heteroatoms. The third-order valence-electron chi connectivity index (χ3n) is 2.98. The number of unbranched alkanes of at least 4 members (excludes halogenated alkanes) is 1. The number of hydrogen-bond acceptors (Lipinski definition) is 6. The molecule has 126 valence electrons. The van der Waals surface area contributed by atoms with Crippen LogP contribution in [0.4, 0.5) is 0 Å². The second kappa shape index (κ2) is 11.8. The minimum absolute atomic E-state index is 0. The topological polar surface area (TPSA) is 99.1 Å². The molecular weight excluding hydrogens is 349 g/mol. The Morgan fingerprint density at radius 2 is 2.00 bits per heavy atom. The van der Waals surface area contributed by atoms with Gasteiger partial charge in [0.15, 0.2) is 10.3 Å². The zero-order valence-corrected chi connectivity index (χ0v) is 17.7. The van der Waals surface area contributed by atoms with E-state index >= 15 is 0 Å². The first-order valence-corrected chi connectivity index (χ1v) is 8.39. The van der Waals surface area contributed by atoms with Crippen LogP contribution in [0.5, 0.6) is 11.5 Å². The van der Waals surface area contributed by atoms with Gasteiger partial charge in [0.2, 0.25) is 0 Å². The molecule has 0 saturated heterocycles. The van der Waals surface area contributed by atoms with E-state index in [-0.39, 0.29) is 71.1 Å². The molecule has 1 unspecified atom stereocenters. The molecule has 0 heterocycles. The van der Waals surface area contributed by atoms with Gasteiger partial charge in [-0.3, -0.25) is 0 Å². The van der Waals surface area contributed by atoms with Gasteiger partial charge in [0.1, 0.15) is 24.2 Å². The van der Waals surface area contributed by atoms with Gasteiger partial charge in [0.25, 0.3) is 0 Å². The van der Waals surface area contributed by atoms with Crippen LogP contribution in [0.1, 0.15) is 19.8 Å². The molecular formula is C14H22KNO6S. The Morgan fingerprint density at radius 1 is 1.35 bits per heavy atom. The molecule has 0 aromatic heterocycles. The molecule has 1 aromatic rings. The number of aliphatic hydroxyl groups excluding tert-OH is 1. The van der Waals surface area contributed by atoms with E-state index in [4.69, 9.17) is 9.47 Å². The van der Waals surface area contributed by atoms with Crippen molar-refractivity contribution in [1.29, 1.82) is 0 Å². The molecule has 0 fully saturated rings. The number of hydrogen-bond donors (Lipinski definition) is 1. The van der Waals surface area contributed by atoms with Gasteiger partial charge in [0.05, 0.1) is 7.11 Å². The Hall–Kier alpha value is 0.286. The summed E-state index contributed by atoms with van der Waals surface area (Å²) >= 11 is 0. The Kier molecular flexibility index (Phi) is 11.9. The SMILES string of the molecule is CCCCN(CC(O)COc1cccc(OC)c1)S(=O)(=O)[O-].[K+]. The summed E-state index contributed by atoms with van der Waals surface area (Å²) in [7, 11) is -3.05. The second-order valence-electron chi connectivity index (χ2n) is 4.81. The fourth-order valence-corrected chi connectivity index (χ4v) is 2.51. The van der Waals surface area contributed by atoms with Gasteiger partial charge in [-0.2, -0.15) is 0 Å². The maximum atomic E-state index is 11.1. The minimum atomic E-state index is -4.58. The normalized spacial score (nSPS) is 12.6. The van der Waals surface area contributed by atoms with Crippen molar-refractivity contribution < 1.29 is 78.9 Å². The van der Waals surface area contributed by atoms with Gasteiger partial charge in [-0.1, -0.05) is 19.4 Å². The monoisotopic (exact) mass is 371 g/mol. The molecule has 7 nitrogen and oxygen atoms in total. The van der Waals surface area contributed by atoms with Crippen LogP contribution in [0.15, 0.2) is 24.3 Å². The summed E-state index contributed by atoms with van der Waals surface area (Å²) in [6.07, 6.45) is 0.222. The van der Waals surface area contributed by atoms with E-state index in [2.05, 4.69) is 0 Å². The van der Waals surface area contributed by atoms with Crippen LogP contribution in [-0.2, 0) is 10.3 Å². The van der Waals surface area contributed by atoms with E-state index in [1.165, 1.54) is 7.11 Å². The maximum absolute atomic E-state index is 11.1. The fraction of sp³-hybridized carbons (Fsp3) is 0.571. The maximum Gasteiger partial charge on any atom is 1.00 e. The molecule has 1 aromatic carbocycles. The first-order valence-electron chi connectivity index (χ1n) is 7.02. The number of benzene rings is 1. The van der Waals surface area contributed by atoms with Crippen LogP contribution in [0, 0.1) is 0 Å². The standard InChI is InChI=1S/C14H23NO6S.K/c1-3-4-8-15(22(17,18)19)10-12(16)11-21-14-7-5-6-13(9-14)20-2;/h5-7,9,12,16H,3-4,8,10-11H2,1-2H3,(H,17,18,19);/q;+1/p-1. The van der Waals surface area contributed by atoms with E-state index < -0.39 is 16.4 Å². The van der Waals surface area contributed by atoms with Crippen LogP contribution in [0.25, 0.3) is 0 Å². The van der Waals surface area contributed by atoms with Crippen LogP contribution in [0.2, 0.25) is 0 Å². The van der Waals surface area contributed by atoms with Crippen molar-refractivity contribution in [3.05, 3.63) is 24.3 Å². The van der Waals surface area contributed by atoms with Gasteiger partial charge in [-0.25, -0.2) is 12.7 Å². The molecule has 0 aliphatic heterocycles. The van der Waals surface area contributed by atoms with Gasteiger partial charge in [-0.05, 0) is 18.6 Å². The number of methoxy groups -OCH3 is 1. The van der Waals surface area contributed by atoms with Crippen LogP contribution in [-0.4, -0.2) is 55.3 Å². The van der Waals surface area contributed by atoms with E-state index in [0.717, 1.165) is 10.7 Å². The molecule has 1 N–H and O–H groups in total. The zero-order chi connectivity index (χ0) is 16.6. The summed E-state index contributed by atoms with van der Waals surface area (Å²) in [5.41, 5.74) is 0. The minimum Gasteiger partial charge on any atom is -0.735 e. The van der Waals surface area contributed by atoms with E-state index in [1.54, 1.807) is 24.3 Å². The van der Waals surface area contributed by atoms with Gasteiger partial charge >= 0.3 is 51.4 Å². The second-order valence-corrected chi connectivity index (χ2v) is 6.18. The summed E-state index contributed by atoms with van der Waals surface area (Å²) in [5, 5.41) is 9.87. The predicted molar refractivity (Wildman–Crippen MR) is 80.7 cm³/mol. The van der Waals surface area contributed by atoms with Crippen molar-refractivity contribution in [2.24, 2.45) is 0 Å². The summed E-state index contributed by atoms with van der Waals surface area (Å²) in [6.45, 7) is 1.58. The first kappa shape index (κ1) is 23.3. The molecule has 0 saturated carbocycles. The van der Waals surface area contributed by atoms with Crippen LogP contribution >= 0.6 is 0 Å². The van der Waals surface area contributed by atoms with Crippen LogP contribution in [0.3, 0.4) is 0 Å². The zero-order valence-electron chi connectivity index (χ0n) is 13.8. The summed E-state index contributed by atoms with van der Waals surface area (Å²) in [6, 6.07) is 6.82. The summed E-state index contributed by atoms with van der Waals surface area (Å²) in [5.74, 6) is 1.10. The fourth-order valence-electron chi connectivity index (χ4n) is 1.80. The number of ether oxygens (including phenoxy) is 2. The van der Waals surface area contributed by atoms with Gasteiger partial charge < -0.3 is 19.1 Å². The van der Waals surface area contributed by atoms with Gasteiger partial charge in [-0.15, -0.1) is 0 Å². The smallest absolute Gasteiger partial charge is 0.735 e. The Morgan fingerprint density at radius 3 is 2.57 bits per heavy atom. The van der Waals surface area contributed by atoms with E-state index in [0.29, 0.717) is 17.9 Å². The van der Waals surface area contributed by atoms with Crippen molar-refractivity contribution in [2.45, 2.75) is 25.9 Å². The Balaban J connectivity index is 0.00000484. The van der Waals surface area contributed by atoms with Crippen molar-refractivity contribution in [1.82, 2.24) is 4.31 Å². The average Bonchev–Trinajstić information content (AvgIpc) is 2.48.